The van der Waals surface area contributed by atoms with Crippen molar-refractivity contribution in [1.82, 2.24) is 4.72 Å². The highest BCUT2D eigenvalue weighted by Crippen LogP contribution is 2.28. The van der Waals surface area contributed by atoms with E-state index in [0.717, 1.165) is 34.3 Å². The number of nitrogens with one attached hydrogen (secondary N) is 3. The van der Waals surface area contributed by atoms with Gasteiger partial charge in [-0.3, -0.25) is 14.4 Å². The van der Waals surface area contributed by atoms with Crippen molar-refractivity contribution in [2.45, 2.75) is 23.6 Å². The third kappa shape index (κ3) is 13.7. The zero-order valence-corrected chi connectivity index (χ0v) is 34.0. The summed E-state index contributed by atoms with van der Waals surface area (Å²) in [6.45, 7) is 3.36. The number of nitrogens with two attached hydrogens (primary N) is 1. The van der Waals surface area contributed by atoms with E-state index in [4.69, 9.17) is 5.90 Å². The Morgan fingerprint density at radius 1 is 0.567 bits per heavy atom. The van der Waals surface area contributed by atoms with E-state index in [9.17, 15) is 22.8 Å². The van der Waals surface area contributed by atoms with E-state index in [1.54, 1.807) is 68.4 Å². The Labute approximate surface area is 353 Å². The van der Waals surface area contributed by atoms with Crippen LogP contribution in [-0.2, 0) is 24.1 Å². The van der Waals surface area contributed by atoms with Gasteiger partial charge in [-0.15, -0.1) is 9.32 Å². The SMILES string of the molecule is CC(C)=CC(=O)NS(=O)(=O)c1ccccc1NC(=O)c1ccc(C#Cc2ccccc2)cc1.NOOSc1ccccc1NC(=O)c1ccc(C#Cc2ccccc2)cc1. The second-order valence-electron chi connectivity index (χ2n) is 12.7. The van der Waals surface area contributed by atoms with Crippen molar-refractivity contribution in [2.75, 3.05) is 10.6 Å². The summed E-state index contributed by atoms with van der Waals surface area (Å²) in [5.41, 5.74) is 5.56. The molecule has 6 aromatic rings. The summed E-state index contributed by atoms with van der Waals surface area (Å²) in [6, 6.07) is 46.1. The summed E-state index contributed by atoms with van der Waals surface area (Å²) in [5.74, 6) is 15.6. The van der Waals surface area contributed by atoms with Gasteiger partial charge in [0.2, 0.25) is 0 Å². The number of para-hydroxylation sites is 2. The highest BCUT2D eigenvalue weighted by molar-refractivity contribution is 7.94. The minimum atomic E-state index is -4.18. The standard InChI is InChI=1S/C26H22N2O4S.C21H16N2O3S/c1-19(2)18-25(29)28-33(31,32)24-11-7-6-10-23(24)27-26(30)22-16-14-21(15-17-22)13-12-20-8-4-3-5-9-20;22-25-26-27-20-9-5-4-8-19(20)23-21(24)18-14-12-17(13-15-18)11-10-16-6-2-1-3-7-16/h3-11,14-18H,1-2H3,(H,27,30)(H,28,29);1-9,12-15H,22H2,(H,23,24). The van der Waals surface area contributed by atoms with Gasteiger partial charge in [-0.05, 0) is 111 Å². The van der Waals surface area contributed by atoms with Crippen molar-refractivity contribution in [3.63, 3.8) is 0 Å². The number of sulfonamides is 1. The lowest BCUT2D eigenvalue weighted by Crippen LogP contribution is -2.30. The molecule has 0 saturated carbocycles. The van der Waals surface area contributed by atoms with Gasteiger partial charge in [0, 0.05) is 39.5 Å². The molecule has 0 heterocycles. The summed E-state index contributed by atoms with van der Waals surface area (Å²) < 4.78 is 32.0. The molecule has 0 saturated heterocycles. The van der Waals surface area contributed by atoms with E-state index in [1.165, 1.54) is 24.3 Å². The first-order valence-corrected chi connectivity index (χ1v) is 20.3. The van der Waals surface area contributed by atoms with Gasteiger partial charge in [0.1, 0.15) is 4.90 Å². The predicted octanol–water partition coefficient (Wildman–Crippen LogP) is 8.28. The van der Waals surface area contributed by atoms with E-state index >= 15 is 0 Å². The molecule has 0 unspecified atom stereocenters. The fourth-order valence-electron chi connectivity index (χ4n) is 5.11. The third-order valence-corrected chi connectivity index (χ3v) is 10.0. The van der Waals surface area contributed by atoms with Crippen LogP contribution in [0.4, 0.5) is 11.4 Å². The van der Waals surface area contributed by atoms with Gasteiger partial charge in [0.15, 0.2) is 0 Å². The largest absolute Gasteiger partial charge is 0.321 e. The molecule has 0 aliphatic rings. The number of hydrogen-bond donors (Lipinski definition) is 4. The average molecular weight is 835 g/mol. The number of carbonyl (C=O) groups is 3. The van der Waals surface area contributed by atoms with Crippen molar-refractivity contribution in [2.24, 2.45) is 5.90 Å². The average Bonchev–Trinajstić information content (AvgIpc) is 3.25. The van der Waals surface area contributed by atoms with Gasteiger partial charge in [0.25, 0.3) is 27.7 Å². The van der Waals surface area contributed by atoms with E-state index in [1.807, 2.05) is 89.7 Å². The van der Waals surface area contributed by atoms with Gasteiger partial charge in [0.05, 0.1) is 28.3 Å². The lowest BCUT2D eigenvalue weighted by atomic mass is 10.1. The number of carbonyl (C=O) groups excluding carboxylic acids is 3. The molecule has 0 aliphatic heterocycles. The van der Waals surface area contributed by atoms with Gasteiger partial charge in [-0.25, -0.2) is 13.1 Å². The van der Waals surface area contributed by atoms with Crippen LogP contribution in [0.15, 0.2) is 179 Å². The fraction of sp³-hybridized carbons (Fsp3) is 0.0426. The number of anilines is 2. The molecule has 13 heteroatoms. The molecule has 3 amide bonds. The topological polar surface area (TPSA) is 166 Å². The minimum absolute atomic E-state index is 0.0629. The number of hydrogen-bond acceptors (Lipinski definition) is 9. The Morgan fingerprint density at radius 2 is 0.983 bits per heavy atom. The summed E-state index contributed by atoms with van der Waals surface area (Å²) in [4.78, 5) is 41.7. The van der Waals surface area contributed by atoms with Crippen LogP contribution in [0.3, 0.4) is 0 Å². The van der Waals surface area contributed by atoms with Crippen LogP contribution in [-0.4, -0.2) is 26.1 Å². The molecule has 0 aliphatic carbocycles. The van der Waals surface area contributed by atoms with Crippen LogP contribution < -0.4 is 21.3 Å². The lowest BCUT2D eigenvalue weighted by Gasteiger charge is -2.12. The molecule has 5 N–H and O–H groups in total. The van der Waals surface area contributed by atoms with Crippen LogP contribution in [0.25, 0.3) is 0 Å². The van der Waals surface area contributed by atoms with E-state index in [-0.39, 0.29) is 16.5 Å². The summed E-state index contributed by atoms with van der Waals surface area (Å²) in [7, 11) is -4.18. The van der Waals surface area contributed by atoms with Crippen molar-refractivity contribution >= 4 is 51.2 Å². The predicted molar refractivity (Wildman–Crippen MR) is 233 cm³/mol. The molecule has 0 atom stereocenters. The molecular weight excluding hydrogens is 797 g/mol. The highest BCUT2D eigenvalue weighted by Gasteiger charge is 2.21. The number of amides is 3. The monoisotopic (exact) mass is 834 g/mol. The van der Waals surface area contributed by atoms with Gasteiger partial charge in [-0.1, -0.05) is 89.9 Å². The maximum atomic E-state index is 12.7. The Morgan fingerprint density at radius 3 is 1.47 bits per heavy atom. The van der Waals surface area contributed by atoms with Crippen LogP contribution in [0.2, 0.25) is 0 Å². The Hall–Kier alpha value is -7.23. The molecule has 6 rings (SSSR count). The van der Waals surface area contributed by atoms with Crippen molar-refractivity contribution in [3.8, 4) is 23.7 Å². The van der Waals surface area contributed by atoms with E-state index in [0.29, 0.717) is 27.3 Å². The van der Waals surface area contributed by atoms with Gasteiger partial charge < -0.3 is 10.6 Å². The molecule has 0 aromatic heterocycles. The highest BCUT2D eigenvalue weighted by atomic mass is 32.2. The van der Waals surface area contributed by atoms with Crippen molar-refractivity contribution in [1.29, 1.82) is 0 Å². The van der Waals surface area contributed by atoms with Crippen molar-refractivity contribution < 1.29 is 32.1 Å². The Kier molecular flexibility index (Phi) is 16.1. The summed E-state index contributed by atoms with van der Waals surface area (Å²) in [6.07, 6.45) is 1.18. The summed E-state index contributed by atoms with van der Waals surface area (Å²) in [5, 5.41) is 5.44. The number of benzene rings is 6. The van der Waals surface area contributed by atoms with Gasteiger partial charge >= 0.3 is 0 Å². The first-order valence-electron chi connectivity index (χ1n) is 18.1. The van der Waals surface area contributed by atoms with E-state index < -0.39 is 21.8 Å². The van der Waals surface area contributed by atoms with Crippen LogP contribution >= 0.6 is 12.0 Å². The first-order chi connectivity index (χ1) is 29.0. The Bertz CT molecular complexity index is 2700. The molecule has 0 spiro atoms. The van der Waals surface area contributed by atoms with Crippen LogP contribution in [0.1, 0.15) is 56.8 Å². The quantitative estimate of drug-likeness (QED) is 0.0349. The normalized spacial score (nSPS) is 10.2. The number of rotatable bonds is 10. The third-order valence-electron chi connectivity index (χ3n) is 7.92. The van der Waals surface area contributed by atoms with Gasteiger partial charge in [-0.2, -0.15) is 5.90 Å². The Balaban J connectivity index is 0.000000232. The van der Waals surface area contributed by atoms with Crippen LogP contribution in [0.5, 0.6) is 0 Å². The minimum Gasteiger partial charge on any atom is -0.321 e. The first kappa shape index (κ1) is 43.9. The van der Waals surface area contributed by atoms with Crippen LogP contribution in [0, 0.1) is 23.7 Å². The lowest BCUT2D eigenvalue weighted by molar-refractivity contribution is -0.195. The second-order valence-corrected chi connectivity index (χ2v) is 15.1. The molecule has 6 aromatic carbocycles. The fourth-order valence-corrected chi connectivity index (χ4v) is 6.67. The maximum Gasteiger partial charge on any atom is 0.266 e. The molecule has 0 radical (unpaired) electrons. The molecular formula is C47H38N4O7S2. The molecule has 60 heavy (non-hydrogen) atoms. The molecule has 11 nitrogen and oxygen atoms in total. The molecule has 300 valence electrons. The molecule has 0 fully saturated rings. The summed E-state index contributed by atoms with van der Waals surface area (Å²) >= 11 is 0.911. The van der Waals surface area contributed by atoms with E-state index in [2.05, 4.69) is 43.6 Å². The molecule has 0 bridgehead atoms. The number of allylic oxidation sites excluding steroid dienone is 1. The zero-order valence-electron chi connectivity index (χ0n) is 32.3. The maximum absolute atomic E-state index is 12.7. The zero-order chi connectivity index (χ0) is 42.7. The smallest absolute Gasteiger partial charge is 0.266 e. The second kappa shape index (κ2) is 22.1. The van der Waals surface area contributed by atoms with Crippen molar-refractivity contribution in [3.05, 3.63) is 203 Å².